The fourth-order valence-electron chi connectivity index (χ4n) is 3.64. The number of nitrogens with zero attached hydrogens (tertiary/aromatic N) is 6. The number of hydrogen-bond donors (Lipinski definition) is 2. The van der Waals surface area contributed by atoms with E-state index in [0.717, 1.165) is 12.4 Å². The van der Waals surface area contributed by atoms with Crippen molar-refractivity contribution in [1.29, 1.82) is 0 Å². The van der Waals surface area contributed by atoms with Gasteiger partial charge < -0.3 is 10.5 Å². The summed E-state index contributed by atoms with van der Waals surface area (Å²) in [6.07, 6.45) is 4.69. The largest absolute Gasteiger partial charge is 0.446 e. The zero-order valence-electron chi connectivity index (χ0n) is 17.8. The van der Waals surface area contributed by atoms with Crippen molar-refractivity contribution in [2.24, 2.45) is 10.8 Å². The van der Waals surface area contributed by atoms with Crippen molar-refractivity contribution in [3.05, 3.63) is 77.9 Å². The minimum absolute atomic E-state index is 0.0231. The second-order valence-corrected chi connectivity index (χ2v) is 7.45. The number of aromatic nitrogens is 4. The van der Waals surface area contributed by atoms with Gasteiger partial charge in [-0.1, -0.05) is 6.07 Å². The molecule has 0 radical (unpaired) electrons. The smallest absolute Gasteiger partial charge is 0.416 e. The summed E-state index contributed by atoms with van der Waals surface area (Å²) in [7, 11) is 0. The van der Waals surface area contributed by atoms with E-state index in [1.54, 1.807) is 18.3 Å². The van der Waals surface area contributed by atoms with Gasteiger partial charge in [0, 0.05) is 17.3 Å². The van der Waals surface area contributed by atoms with Crippen molar-refractivity contribution < 1.29 is 23.1 Å². The van der Waals surface area contributed by atoms with E-state index in [0.29, 0.717) is 22.5 Å². The number of amides is 3. The predicted molar refractivity (Wildman–Crippen MR) is 119 cm³/mol. The molecule has 5 rings (SSSR count). The van der Waals surface area contributed by atoms with E-state index in [2.05, 4.69) is 20.2 Å². The first-order valence-electron chi connectivity index (χ1n) is 10.2. The molecule has 1 unspecified atom stereocenters. The Kier molecular flexibility index (Phi) is 5.49. The molecule has 4 heterocycles. The number of hydrogen-bond acceptors (Lipinski definition) is 7. The van der Waals surface area contributed by atoms with Gasteiger partial charge in [-0.25, -0.2) is 38.2 Å². The van der Waals surface area contributed by atoms with Crippen LogP contribution in [0.1, 0.15) is 17.3 Å². The van der Waals surface area contributed by atoms with E-state index in [4.69, 9.17) is 10.5 Å². The van der Waals surface area contributed by atoms with Crippen LogP contribution in [0, 0.1) is 11.6 Å². The summed E-state index contributed by atoms with van der Waals surface area (Å²) < 4.78 is 34.6. The molecule has 3 amide bonds. The van der Waals surface area contributed by atoms with Crippen LogP contribution in [0.15, 0.2) is 60.1 Å². The lowest BCUT2D eigenvalue weighted by atomic mass is 10.1. The van der Waals surface area contributed by atoms with Gasteiger partial charge in [-0.3, -0.25) is 4.98 Å². The van der Waals surface area contributed by atoms with E-state index < -0.39 is 29.8 Å². The number of benzene rings is 1. The summed E-state index contributed by atoms with van der Waals surface area (Å²) in [5.41, 5.74) is 8.84. The lowest BCUT2D eigenvalue weighted by Crippen LogP contribution is -2.28. The van der Waals surface area contributed by atoms with Crippen molar-refractivity contribution in [3.63, 3.8) is 0 Å². The lowest BCUT2D eigenvalue weighted by Gasteiger charge is -2.20. The van der Waals surface area contributed by atoms with Crippen LogP contribution in [0.25, 0.3) is 16.8 Å². The molecule has 1 atom stereocenters. The lowest BCUT2D eigenvalue weighted by molar-refractivity contribution is 0.178. The van der Waals surface area contributed by atoms with Gasteiger partial charge in [0.2, 0.25) is 0 Å². The molecule has 1 aliphatic rings. The van der Waals surface area contributed by atoms with Crippen LogP contribution in [0.3, 0.4) is 0 Å². The number of cyclic esters (lactones) is 1. The maximum Gasteiger partial charge on any atom is 0.416 e. The highest BCUT2D eigenvalue weighted by molar-refractivity contribution is 5.90. The van der Waals surface area contributed by atoms with Crippen molar-refractivity contribution in [2.45, 2.75) is 6.04 Å². The summed E-state index contributed by atoms with van der Waals surface area (Å²) in [4.78, 5) is 33.2. The van der Waals surface area contributed by atoms with E-state index in [1.165, 1.54) is 39.9 Å². The van der Waals surface area contributed by atoms with Crippen LogP contribution < -0.4 is 16.1 Å². The quantitative estimate of drug-likeness (QED) is 0.334. The minimum atomic E-state index is -0.870. The van der Waals surface area contributed by atoms with Gasteiger partial charge in [-0.05, 0) is 35.9 Å². The standard InChI is InChI=1S/C22H16F2N8O3/c23-14-3-4-17(26-9-14)18-11-35-22(34)32(18)19-5-6-31-20(29-19)15(10-28-31)12-1-2-13(16(24)7-12)8-27-30-21(25)33/h1-10,18H,11H2,(H3,25,30,33). The Balaban J connectivity index is 1.50. The second kappa shape index (κ2) is 8.78. The monoisotopic (exact) mass is 478 g/mol. The van der Waals surface area contributed by atoms with Crippen molar-refractivity contribution >= 4 is 29.8 Å². The van der Waals surface area contributed by atoms with Gasteiger partial charge in [0.05, 0.1) is 24.3 Å². The summed E-state index contributed by atoms with van der Waals surface area (Å²) in [6.45, 7) is 0.0231. The van der Waals surface area contributed by atoms with Gasteiger partial charge in [-0.15, -0.1) is 0 Å². The molecule has 35 heavy (non-hydrogen) atoms. The summed E-state index contributed by atoms with van der Waals surface area (Å²) in [5, 5.41) is 7.80. The number of anilines is 1. The van der Waals surface area contributed by atoms with Crippen LogP contribution in [0.5, 0.6) is 0 Å². The molecule has 0 saturated carbocycles. The first-order valence-corrected chi connectivity index (χ1v) is 10.2. The molecule has 1 aliphatic heterocycles. The molecular formula is C22H16F2N8O3. The van der Waals surface area contributed by atoms with E-state index >= 15 is 0 Å². The number of halogens is 2. The van der Waals surface area contributed by atoms with Gasteiger partial charge in [0.15, 0.2) is 5.65 Å². The Labute approximate surface area is 195 Å². The third-order valence-electron chi connectivity index (χ3n) is 5.26. The Bertz CT molecular complexity index is 1470. The molecule has 13 heteroatoms. The highest BCUT2D eigenvalue weighted by Gasteiger charge is 2.37. The number of carbonyl (C=O) groups excluding carboxylic acids is 2. The first kappa shape index (κ1) is 21.9. The molecule has 11 nitrogen and oxygen atoms in total. The van der Waals surface area contributed by atoms with Crippen LogP contribution in [0.2, 0.25) is 0 Å². The zero-order chi connectivity index (χ0) is 24.5. The number of nitrogens with two attached hydrogens (primary N) is 1. The number of primary amides is 1. The molecule has 3 N–H and O–H groups in total. The molecule has 176 valence electrons. The van der Waals surface area contributed by atoms with Gasteiger partial charge >= 0.3 is 12.1 Å². The van der Waals surface area contributed by atoms with E-state index in [9.17, 15) is 18.4 Å². The number of nitrogens with one attached hydrogen (secondary N) is 1. The first-order chi connectivity index (χ1) is 16.9. The Hall–Kier alpha value is -4.94. The molecule has 4 aromatic rings. The van der Waals surface area contributed by atoms with E-state index in [-0.39, 0.29) is 18.0 Å². The SMILES string of the molecule is NC(=O)NN=Cc1ccc(-c2cnn3ccc(N4C(=O)OCC4c4ccc(F)cn4)nc23)cc1F. The van der Waals surface area contributed by atoms with Crippen molar-refractivity contribution in [2.75, 3.05) is 11.5 Å². The number of ether oxygens (including phenoxy) is 1. The number of rotatable bonds is 5. The van der Waals surface area contributed by atoms with E-state index in [1.807, 2.05) is 5.43 Å². The topological polar surface area (TPSA) is 140 Å². The summed E-state index contributed by atoms with van der Waals surface area (Å²) >= 11 is 0. The zero-order valence-corrected chi connectivity index (χ0v) is 17.8. The molecule has 0 spiro atoms. The molecule has 1 aromatic carbocycles. The van der Waals surface area contributed by atoms with Crippen LogP contribution >= 0.6 is 0 Å². The van der Waals surface area contributed by atoms with Crippen LogP contribution in [0.4, 0.5) is 24.2 Å². The molecule has 1 fully saturated rings. The van der Waals surface area contributed by atoms with Gasteiger partial charge in [0.1, 0.15) is 30.1 Å². The maximum atomic E-state index is 14.6. The number of hydrazone groups is 1. The van der Waals surface area contributed by atoms with Crippen LogP contribution in [-0.2, 0) is 4.74 Å². The van der Waals surface area contributed by atoms with Crippen LogP contribution in [-0.4, -0.2) is 44.5 Å². The molecule has 0 aliphatic carbocycles. The molecule has 3 aromatic heterocycles. The summed E-state index contributed by atoms with van der Waals surface area (Å²) in [5.74, 6) is -0.833. The predicted octanol–water partition coefficient (Wildman–Crippen LogP) is 2.77. The molecule has 1 saturated heterocycles. The molecular weight excluding hydrogens is 462 g/mol. The average Bonchev–Trinajstić information content (AvgIpc) is 3.43. The summed E-state index contributed by atoms with van der Waals surface area (Å²) in [6, 6.07) is 7.21. The number of pyridine rings is 1. The fraction of sp³-hybridized carbons (Fsp3) is 0.0909. The Morgan fingerprint density at radius 3 is 2.83 bits per heavy atom. The average molecular weight is 478 g/mol. The van der Waals surface area contributed by atoms with Gasteiger partial charge in [0.25, 0.3) is 0 Å². The third kappa shape index (κ3) is 4.21. The van der Waals surface area contributed by atoms with Crippen molar-refractivity contribution in [3.8, 4) is 11.1 Å². The maximum absolute atomic E-state index is 14.6. The Morgan fingerprint density at radius 1 is 1.23 bits per heavy atom. The highest BCUT2D eigenvalue weighted by Crippen LogP contribution is 2.33. The minimum Gasteiger partial charge on any atom is -0.446 e. The highest BCUT2D eigenvalue weighted by atomic mass is 19.1. The number of carbonyl (C=O) groups is 2. The normalized spacial score (nSPS) is 15.7. The number of fused-ring (bicyclic) bond motifs is 1. The van der Waals surface area contributed by atoms with Gasteiger partial charge in [-0.2, -0.15) is 10.2 Å². The fourth-order valence-corrected chi connectivity index (χ4v) is 3.64. The van der Waals surface area contributed by atoms with Crippen molar-refractivity contribution in [1.82, 2.24) is 25.0 Å². The molecule has 0 bridgehead atoms. The Morgan fingerprint density at radius 2 is 2.09 bits per heavy atom. The third-order valence-corrected chi connectivity index (χ3v) is 5.26. The number of urea groups is 1. The second-order valence-electron chi connectivity index (χ2n) is 7.45.